The highest BCUT2D eigenvalue weighted by atomic mass is 16.3. The van der Waals surface area contributed by atoms with Crippen molar-refractivity contribution in [1.29, 1.82) is 0 Å². The van der Waals surface area contributed by atoms with Crippen LogP contribution in [0.4, 0.5) is 0 Å². The Labute approximate surface area is 142 Å². The van der Waals surface area contributed by atoms with E-state index in [1.165, 1.54) is 22.1 Å². The van der Waals surface area contributed by atoms with Crippen LogP contribution >= 0.6 is 0 Å². The third kappa shape index (κ3) is 3.11. The smallest absolute Gasteiger partial charge is 0.134 e. The lowest BCUT2D eigenvalue weighted by Crippen LogP contribution is -1.95. The van der Waals surface area contributed by atoms with Crippen molar-refractivity contribution in [2.24, 2.45) is 0 Å². The van der Waals surface area contributed by atoms with Gasteiger partial charge in [0.05, 0.1) is 0 Å². The third-order valence-electron chi connectivity index (χ3n) is 4.50. The van der Waals surface area contributed by atoms with Gasteiger partial charge in [0.1, 0.15) is 11.3 Å². The molecule has 0 unspecified atom stereocenters. The van der Waals surface area contributed by atoms with Crippen molar-refractivity contribution in [3.63, 3.8) is 0 Å². The molecule has 0 N–H and O–H groups in total. The minimum Gasteiger partial charge on any atom is -0.460 e. The Kier molecular flexibility index (Phi) is 4.16. The number of benzene rings is 3. The number of aryl methyl sites for hydroxylation is 2. The molecular weight excluding hydrogens is 292 g/mol. The van der Waals surface area contributed by atoms with Gasteiger partial charge in [-0.3, -0.25) is 0 Å². The number of fused-ring (bicyclic) bond motifs is 1. The van der Waals surface area contributed by atoms with Gasteiger partial charge in [-0.2, -0.15) is 0 Å². The maximum absolute atomic E-state index is 6.19. The van der Waals surface area contributed by atoms with E-state index < -0.39 is 0 Å². The first-order chi connectivity index (χ1) is 11.9. The van der Waals surface area contributed by atoms with Gasteiger partial charge in [0.25, 0.3) is 0 Å². The van der Waals surface area contributed by atoms with Crippen LogP contribution in [0.3, 0.4) is 0 Å². The van der Waals surface area contributed by atoms with Crippen molar-refractivity contribution in [3.05, 3.63) is 107 Å². The summed E-state index contributed by atoms with van der Waals surface area (Å²) in [6.45, 7) is 0. The van der Waals surface area contributed by atoms with E-state index in [4.69, 9.17) is 4.42 Å². The fourth-order valence-electron chi connectivity index (χ4n) is 3.26. The molecule has 0 radical (unpaired) electrons. The molecule has 0 bridgehead atoms. The lowest BCUT2D eigenvalue weighted by Gasteiger charge is -2.04. The van der Waals surface area contributed by atoms with Crippen LogP contribution < -0.4 is 0 Å². The topological polar surface area (TPSA) is 13.1 Å². The zero-order chi connectivity index (χ0) is 16.2. The van der Waals surface area contributed by atoms with Crippen LogP contribution in [0.25, 0.3) is 11.0 Å². The molecule has 0 amide bonds. The van der Waals surface area contributed by atoms with Crippen LogP contribution in [0.15, 0.2) is 89.3 Å². The van der Waals surface area contributed by atoms with Crippen LogP contribution in [0.1, 0.15) is 22.5 Å². The molecule has 0 saturated carbocycles. The Morgan fingerprint density at radius 1 is 0.583 bits per heavy atom. The van der Waals surface area contributed by atoms with Crippen molar-refractivity contribution in [3.8, 4) is 0 Å². The zero-order valence-corrected chi connectivity index (χ0v) is 13.6. The van der Waals surface area contributed by atoms with E-state index in [-0.39, 0.29) is 0 Å². The minimum absolute atomic E-state index is 0.847. The Bertz CT molecular complexity index is 920. The van der Waals surface area contributed by atoms with Crippen LogP contribution in [0.2, 0.25) is 0 Å². The Morgan fingerprint density at radius 3 is 1.96 bits per heavy atom. The molecule has 24 heavy (non-hydrogen) atoms. The number of hydrogen-bond donors (Lipinski definition) is 0. The quantitative estimate of drug-likeness (QED) is 0.453. The highest BCUT2D eigenvalue weighted by molar-refractivity contribution is 5.82. The first-order valence-electron chi connectivity index (χ1n) is 8.47. The summed E-state index contributed by atoms with van der Waals surface area (Å²) in [6, 6.07) is 29.6. The van der Waals surface area contributed by atoms with E-state index in [0.717, 1.165) is 30.6 Å². The third-order valence-corrected chi connectivity index (χ3v) is 4.50. The standard InChI is InChI=1S/C23H20O/c1-3-9-18(10-4-1)15-16-21-20-13-7-8-14-22(20)24-23(21)17-19-11-5-2-6-12-19/h1-14H,15-17H2. The molecule has 118 valence electrons. The fraction of sp³-hybridized carbons (Fsp3) is 0.130. The molecule has 0 aliphatic heterocycles. The first-order valence-corrected chi connectivity index (χ1v) is 8.47. The van der Waals surface area contributed by atoms with Crippen molar-refractivity contribution in [2.45, 2.75) is 19.3 Å². The minimum atomic E-state index is 0.847. The normalized spacial score (nSPS) is 11.0. The second-order valence-corrected chi connectivity index (χ2v) is 6.15. The van der Waals surface area contributed by atoms with Gasteiger partial charge in [-0.15, -0.1) is 0 Å². The number of hydrogen-bond acceptors (Lipinski definition) is 1. The highest BCUT2D eigenvalue weighted by Crippen LogP contribution is 2.29. The monoisotopic (exact) mass is 312 g/mol. The average Bonchev–Trinajstić information content (AvgIpc) is 2.99. The van der Waals surface area contributed by atoms with Gasteiger partial charge in [0.15, 0.2) is 0 Å². The molecule has 1 aromatic heterocycles. The molecule has 0 fully saturated rings. The molecule has 1 nitrogen and oxygen atoms in total. The largest absolute Gasteiger partial charge is 0.460 e. The van der Waals surface area contributed by atoms with Crippen molar-refractivity contribution in [1.82, 2.24) is 0 Å². The van der Waals surface area contributed by atoms with E-state index in [1.54, 1.807) is 0 Å². The maximum Gasteiger partial charge on any atom is 0.134 e. The van der Waals surface area contributed by atoms with Gasteiger partial charge in [0, 0.05) is 17.4 Å². The van der Waals surface area contributed by atoms with Gasteiger partial charge in [-0.1, -0.05) is 78.9 Å². The summed E-state index contributed by atoms with van der Waals surface area (Å²) in [4.78, 5) is 0. The molecule has 1 heteroatoms. The number of para-hydroxylation sites is 1. The predicted molar refractivity (Wildman–Crippen MR) is 99.3 cm³/mol. The summed E-state index contributed by atoms with van der Waals surface area (Å²) in [5.41, 5.74) is 5.00. The van der Waals surface area contributed by atoms with Gasteiger partial charge in [-0.25, -0.2) is 0 Å². The summed E-state index contributed by atoms with van der Waals surface area (Å²) in [6.07, 6.45) is 2.88. The summed E-state index contributed by atoms with van der Waals surface area (Å²) in [5, 5.41) is 1.25. The number of rotatable bonds is 5. The number of furan rings is 1. The summed E-state index contributed by atoms with van der Waals surface area (Å²) in [5.74, 6) is 1.10. The molecule has 1 heterocycles. The molecule has 4 rings (SSSR count). The molecule has 0 saturated heterocycles. The first kappa shape index (κ1) is 14.8. The van der Waals surface area contributed by atoms with Crippen LogP contribution in [0.5, 0.6) is 0 Å². The Morgan fingerprint density at radius 2 is 1.21 bits per heavy atom. The van der Waals surface area contributed by atoms with Gasteiger partial charge < -0.3 is 4.42 Å². The highest BCUT2D eigenvalue weighted by Gasteiger charge is 2.14. The maximum atomic E-state index is 6.19. The SMILES string of the molecule is c1ccc(CCc2c(Cc3ccccc3)oc3ccccc23)cc1. The molecule has 3 aromatic carbocycles. The van der Waals surface area contributed by atoms with Gasteiger partial charge in [0.2, 0.25) is 0 Å². The summed E-state index contributed by atoms with van der Waals surface area (Å²) in [7, 11) is 0. The molecule has 0 aliphatic rings. The van der Waals surface area contributed by atoms with Crippen LogP contribution in [0, 0.1) is 0 Å². The van der Waals surface area contributed by atoms with Crippen molar-refractivity contribution in [2.75, 3.05) is 0 Å². The fourth-order valence-corrected chi connectivity index (χ4v) is 3.26. The lowest BCUT2D eigenvalue weighted by molar-refractivity contribution is 0.555. The van der Waals surface area contributed by atoms with E-state index in [0.29, 0.717) is 0 Å². The lowest BCUT2D eigenvalue weighted by atomic mass is 9.99. The molecular formula is C23H20O. The molecule has 0 aliphatic carbocycles. The summed E-state index contributed by atoms with van der Waals surface area (Å²) >= 11 is 0. The van der Waals surface area contributed by atoms with E-state index in [2.05, 4.69) is 78.9 Å². The van der Waals surface area contributed by atoms with Crippen molar-refractivity contribution >= 4 is 11.0 Å². The van der Waals surface area contributed by atoms with Gasteiger partial charge in [-0.05, 0) is 30.0 Å². The van der Waals surface area contributed by atoms with Crippen LogP contribution in [-0.4, -0.2) is 0 Å². The Hall–Kier alpha value is -2.80. The van der Waals surface area contributed by atoms with E-state index in [9.17, 15) is 0 Å². The van der Waals surface area contributed by atoms with E-state index >= 15 is 0 Å². The van der Waals surface area contributed by atoms with Crippen LogP contribution in [-0.2, 0) is 19.3 Å². The molecule has 0 spiro atoms. The van der Waals surface area contributed by atoms with E-state index in [1.807, 2.05) is 6.07 Å². The second-order valence-electron chi connectivity index (χ2n) is 6.15. The molecule has 0 atom stereocenters. The zero-order valence-electron chi connectivity index (χ0n) is 13.6. The second kappa shape index (κ2) is 6.76. The van der Waals surface area contributed by atoms with Crippen molar-refractivity contribution < 1.29 is 4.42 Å². The molecule has 4 aromatic rings. The predicted octanol–water partition coefficient (Wildman–Crippen LogP) is 5.81. The Balaban J connectivity index is 1.67. The summed E-state index contributed by atoms with van der Waals surface area (Å²) < 4.78 is 6.19. The van der Waals surface area contributed by atoms with Gasteiger partial charge >= 0.3 is 0 Å². The average molecular weight is 312 g/mol.